The van der Waals surface area contributed by atoms with Crippen LogP contribution < -0.4 is 0 Å². The van der Waals surface area contributed by atoms with Crippen LogP contribution in [0.3, 0.4) is 0 Å². The van der Waals surface area contributed by atoms with Gasteiger partial charge in [-0.25, -0.2) is 4.98 Å². The van der Waals surface area contributed by atoms with Gasteiger partial charge in [-0.05, 0) is 62.3 Å². The van der Waals surface area contributed by atoms with E-state index in [0.717, 1.165) is 39.1 Å². The molecule has 0 spiro atoms. The maximum Gasteiger partial charge on any atom is 0.146 e. The monoisotopic (exact) mass is 546 g/mol. The highest BCUT2D eigenvalue weighted by molar-refractivity contribution is 6.17. The molecule has 200 valence electrons. The minimum Gasteiger partial charge on any atom is -0.291 e. The fraction of sp³-hybridized carbons (Fsp3) is 0. The van der Waals surface area contributed by atoms with Gasteiger partial charge in [0.2, 0.25) is 0 Å². The zero-order valence-electron chi connectivity index (χ0n) is 23.4. The molecule has 0 saturated heterocycles. The molecule has 9 rings (SSSR count). The number of hydrogen-bond acceptors (Lipinski definition) is 1. The molecule has 2 heteroatoms. The van der Waals surface area contributed by atoms with Crippen molar-refractivity contribution in [3.05, 3.63) is 158 Å². The Morgan fingerprint density at radius 3 is 1.81 bits per heavy atom. The van der Waals surface area contributed by atoms with Crippen LogP contribution in [0.4, 0.5) is 0 Å². The Morgan fingerprint density at radius 1 is 0.395 bits per heavy atom. The van der Waals surface area contributed by atoms with E-state index >= 15 is 0 Å². The van der Waals surface area contributed by atoms with Gasteiger partial charge in [0.05, 0.1) is 16.9 Å². The molecule has 0 radical (unpaired) electrons. The smallest absolute Gasteiger partial charge is 0.146 e. The lowest BCUT2D eigenvalue weighted by Crippen LogP contribution is -1.94. The fourth-order valence-corrected chi connectivity index (χ4v) is 6.81. The lowest BCUT2D eigenvalue weighted by Gasteiger charge is -2.14. The second-order valence-electron chi connectivity index (χ2n) is 11.2. The largest absolute Gasteiger partial charge is 0.291 e. The SMILES string of the molecule is c1ccc(-c2nc3c4ccc(-c5cc6ccccc6c6ccccc56)cc4c4ccccc4n3c2-c2ccccc2)cc1. The highest BCUT2D eigenvalue weighted by Gasteiger charge is 2.21. The molecule has 0 atom stereocenters. The second kappa shape index (κ2) is 9.40. The first-order chi connectivity index (χ1) is 21.3. The molecule has 0 bridgehead atoms. The predicted molar refractivity (Wildman–Crippen MR) is 182 cm³/mol. The van der Waals surface area contributed by atoms with Gasteiger partial charge in [0.15, 0.2) is 0 Å². The van der Waals surface area contributed by atoms with Gasteiger partial charge >= 0.3 is 0 Å². The Balaban J connectivity index is 1.40. The zero-order valence-corrected chi connectivity index (χ0v) is 23.4. The topological polar surface area (TPSA) is 17.3 Å². The van der Waals surface area contributed by atoms with Crippen LogP contribution in [0.1, 0.15) is 0 Å². The summed E-state index contributed by atoms with van der Waals surface area (Å²) in [7, 11) is 0. The number of nitrogens with zero attached hydrogens (tertiary/aromatic N) is 2. The van der Waals surface area contributed by atoms with Crippen LogP contribution in [0.2, 0.25) is 0 Å². The maximum absolute atomic E-state index is 5.39. The summed E-state index contributed by atoms with van der Waals surface area (Å²) < 4.78 is 2.36. The van der Waals surface area contributed by atoms with Crippen LogP contribution in [-0.4, -0.2) is 9.38 Å². The van der Waals surface area contributed by atoms with Gasteiger partial charge < -0.3 is 0 Å². The van der Waals surface area contributed by atoms with E-state index < -0.39 is 0 Å². The van der Waals surface area contributed by atoms with Crippen molar-refractivity contribution in [3.63, 3.8) is 0 Å². The number of pyridine rings is 1. The van der Waals surface area contributed by atoms with Gasteiger partial charge in [0.1, 0.15) is 5.65 Å². The molecule has 0 aliphatic rings. The van der Waals surface area contributed by atoms with Crippen molar-refractivity contribution in [2.45, 2.75) is 0 Å². The average Bonchev–Trinajstić information content (AvgIpc) is 3.50. The minimum absolute atomic E-state index is 0.973. The quantitative estimate of drug-likeness (QED) is 0.201. The number of benzene rings is 7. The average molecular weight is 547 g/mol. The Labute approximate surface area is 249 Å². The van der Waals surface area contributed by atoms with E-state index in [-0.39, 0.29) is 0 Å². The molecule has 7 aromatic carbocycles. The summed E-state index contributed by atoms with van der Waals surface area (Å²) in [6.45, 7) is 0. The number of aromatic nitrogens is 2. The molecule has 0 N–H and O–H groups in total. The number of para-hydroxylation sites is 1. The molecular formula is C41H26N2. The van der Waals surface area contributed by atoms with E-state index in [9.17, 15) is 0 Å². The Hall–Kier alpha value is -5.73. The third-order valence-electron chi connectivity index (χ3n) is 8.75. The van der Waals surface area contributed by atoms with Gasteiger partial charge in [0, 0.05) is 21.9 Å². The van der Waals surface area contributed by atoms with Gasteiger partial charge in [0.25, 0.3) is 0 Å². The van der Waals surface area contributed by atoms with Crippen molar-refractivity contribution in [1.82, 2.24) is 9.38 Å². The summed E-state index contributed by atoms with van der Waals surface area (Å²) in [6.07, 6.45) is 0. The third kappa shape index (κ3) is 3.63. The van der Waals surface area contributed by atoms with Crippen molar-refractivity contribution in [1.29, 1.82) is 0 Å². The molecule has 2 aromatic heterocycles. The van der Waals surface area contributed by atoms with E-state index in [4.69, 9.17) is 4.98 Å². The van der Waals surface area contributed by atoms with E-state index in [2.05, 4.69) is 162 Å². The van der Waals surface area contributed by atoms with Gasteiger partial charge in [-0.3, -0.25) is 4.40 Å². The molecule has 0 fully saturated rings. The van der Waals surface area contributed by atoms with Crippen LogP contribution in [0.25, 0.3) is 82.5 Å². The summed E-state index contributed by atoms with van der Waals surface area (Å²) in [5, 5.41) is 8.66. The zero-order chi connectivity index (χ0) is 28.3. The predicted octanol–water partition coefficient (Wildman–Crippen LogP) is 10.9. The molecule has 0 amide bonds. The van der Waals surface area contributed by atoms with Crippen LogP contribution in [-0.2, 0) is 0 Å². The lowest BCUT2D eigenvalue weighted by atomic mass is 9.92. The van der Waals surface area contributed by atoms with Crippen LogP contribution >= 0.6 is 0 Å². The van der Waals surface area contributed by atoms with E-state index in [0.29, 0.717) is 0 Å². The molecule has 2 heterocycles. The summed E-state index contributed by atoms with van der Waals surface area (Å²) in [6, 6.07) is 56.6. The van der Waals surface area contributed by atoms with E-state index in [1.165, 1.54) is 43.4 Å². The summed E-state index contributed by atoms with van der Waals surface area (Å²) in [5.74, 6) is 0. The van der Waals surface area contributed by atoms with Crippen LogP contribution in [0.5, 0.6) is 0 Å². The molecule has 43 heavy (non-hydrogen) atoms. The van der Waals surface area contributed by atoms with E-state index in [1.54, 1.807) is 0 Å². The van der Waals surface area contributed by atoms with Crippen LogP contribution in [0.15, 0.2) is 158 Å². The third-order valence-corrected chi connectivity index (χ3v) is 8.75. The normalized spacial score (nSPS) is 11.7. The van der Waals surface area contributed by atoms with Gasteiger partial charge in [-0.15, -0.1) is 0 Å². The standard InChI is InChI=1S/C41H26N2/c1-3-13-27(14-4-1)39-40(28-15-5-2-6-16-28)43-38-22-12-11-21-34(38)37-26-30(23-24-35(37)41(43)42-39)36-25-29-17-7-8-18-31(29)32-19-9-10-20-33(32)36/h1-26H. The molecule has 2 nitrogen and oxygen atoms in total. The highest BCUT2D eigenvalue weighted by atomic mass is 15.0. The highest BCUT2D eigenvalue weighted by Crippen LogP contribution is 2.41. The van der Waals surface area contributed by atoms with Crippen LogP contribution in [0, 0.1) is 0 Å². The van der Waals surface area contributed by atoms with Crippen molar-refractivity contribution < 1.29 is 0 Å². The first kappa shape index (κ1) is 23.9. The fourth-order valence-electron chi connectivity index (χ4n) is 6.81. The number of fused-ring (bicyclic) bond motifs is 9. The number of imidazole rings is 1. The first-order valence-electron chi connectivity index (χ1n) is 14.7. The number of hydrogen-bond donors (Lipinski definition) is 0. The molecule has 0 aliphatic carbocycles. The van der Waals surface area contributed by atoms with Crippen molar-refractivity contribution >= 4 is 48.9 Å². The minimum atomic E-state index is 0.973. The summed E-state index contributed by atoms with van der Waals surface area (Å²) >= 11 is 0. The lowest BCUT2D eigenvalue weighted by molar-refractivity contribution is 1.27. The molecule has 0 aliphatic heterocycles. The van der Waals surface area contributed by atoms with Crippen molar-refractivity contribution in [3.8, 4) is 33.6 Å². The van der Waals surface area contributed by atoms with Crippen molar-refractivity contribution in [2.24, 2.45) is 0 Å². The Kier molecular flexibility index (Phi) is 5.23. The van der Waals surface area contributed by atoms with Gasteiger partial charge in [-0.1, -0.05) is 133 Å². The summed E-state index contributed by atoms with van der Waals surface area (Å²) in [4.78, 5) is 5.39. The maximum atomic E-state index is 5.39. The van der Waals surface area contributed by atoms with E-state index in [1.807, 2.05) is 0 Å². The first-order valence-corrected chi connectivity index (χ1v) is 14.7. The van der Waals surface area contributed by atoms with Crippen molar-refractivity contribution in [2.75, 3.05) is 0 Å². The second-order valence-corrected chi connectivity index (χ2v) is 11.2. The molecular weight excluding hydrogens is 520 g/mol. The Bertz CT molecular complexity index is 2490. The Morgan fingerprint density at radius 2 is 1.02 bits per heavy atom. The molecule has 9 aromatic rings. The number of rotatable bonds is 3. The molecule has 0 unspecified atom stereocenters. The summed E-state index contributed by atoms with van der Waals surface area (Å²) in [5.41, 5.74) is 8.96. The molecule has 0 saturated carbocycles. The van der Waals surface area contributed by atoms with Gasteiger partial charge in [-0.2, -0.15) is 0 Å².